The van der Waals surface area contributed by atoms with Gasteiger partial charge in [-0.1, -0.05) is 0 Å². The molecule has 15 heavy (non-hydrogen) atoms. The molecule has 0 aromatic carbocycles. The Balaban J connectivity index is 2.07. The van der Waals surface area contributed by atoms with Crippen LogP contribution in [0.4, 0.5) is 4.79 Å². The molecule has 2 saturated heterocycles. The molecule has 4 nitrogen and oxygen atoms in total. The highest BCUT2D eigenvalue weighted by Crippen LogP contribution is 2.33. The van der Waals surface area contributed by atoms with E-state index in [0.29, 0.717) is 6.61 Å². The topological polar surface area (TPSA) is 38.8 Å². The average Bonchev–Trinajstić information content (AvgIpc) is 2.46. The number of carbonyl (C=O) groups excluding carboxylic acids is 1. The van der Waals surface area contributed by atoms with Gasteiger partial charge in [-0.15, -0.1) is 0 Å². The smallest absolute Gasteiger partial charge is 0.430 e. The highest BCUT2D eigenvalue weighted by molar-refractivity contribution is 5.62. The summed E-state index contributed by atoms with van der Waals surface area (Å²) in [6.07, 6.45) is 1.48. The molecule has 2 rings (SSSR count). The molecule has 4 heteroatoms. The lowest BCUT2D eigenvalue weighted by molar-refractivity contribution is -0.0383. The molecule has 0 unspecified atom stereocenters. The number of hydrogen-bond donors (Lipinski definition) is 0. The minimum absolute atomic E-state index is 0.127. The van der Waals surface area contributed by atoms with Crippen LogP contribution in [0.25, 0.3) is 0 Å². The highest BCUT2D eigenvalue weighted by atomic mass is 16.8. The number of likely N-dealkylation sites (tertiary alicyclic amines) is 1. The molecular weight excluding hydrogens is 194 g/mol. The van der Waals surface area contributed by atoms with E-state index in [1.165, 1.54) is 0 Å². The summed E-state index contributed by atoms with van der Waals surface area (Å²) in [5.74, 6) is 0. The largest absolute Gasteiger partial charge is 0.509 e. The Morgan fingerprint density at radius 1 is 1.40 bits per heavy atom. The van der Waals surface area contributed by atoms with Gasteiger partial charge in [0.2, 0.25) is 0 Å². The summed E-state index contributed by atoms with van der Waals surface area (Å²) in [6.45, 7) is 8.83. The molecule has 0 radical (unpaired) electrons. The van der Waals surface area contributed by atoms with E-state index < -0.39 is 6.16 Å². The molecule has 0 N–H and O–H groups in total. The molecule has 2 aliphatic rings. The fourth-order valence-corrected chi connectivity index (χ4v) is 2.30. The van der Waals surface area contributed by atoms with Crippen molar-refractivity contribution in [3.05, 3.63) is 0 Å². The molecule has 0 aliphatic carbocycles. The molecular formula is C11H19NO3. The van der Waals surface area contributed by atoms with Crippen LogP contribution in [0.3, 0.4) is 0 Å². The predicted octanol–water partition coefficient (Wildman–Crippen LogP) is 1.79. The predicted molar refractivity (Wildman–Crippen MR) is 55.7 cm³/mol. The summed E-state index contributed by atoms with van der Waals surface area (Å²) < 4.78 is 10.2. The lowest BCUT2D eigenvalue weighted by atomic mass is 9.90. The minimum atomic E-state index is -0.509. The molecule has 2 fully saturated rings. The standard InChI is InChI=1S/C11H19NO3/c1-10(2,3)12-6-4-5-11(7-12)8-14-9(13)15-11/h4-8H2,1-3H3/t11-/m1/s1. The molecule has 86 valence electrons. The monoisotopic (exact) mass is 213 g/mol. The Kier molecular flexibility index (Phi) is 2.41. The first kappa shape index (κ1) is 10.7. The molecule has 0 aromatic heterocycles. The Hall–Kier alpha value is -0.770. The number of nitrogens with zero attached hydrogens (tertiary/aromatic N) is 1. The Morgan fingerprint density at radius 2 is 2.13 bits per heavy atom. The zero-order chi connectivity index (χ0) is 11.1. The minimum Gasteiger partial charge on any atom is -0.430 e. The van der Waals surface area contributed by atoms with Crippen LogP contribution in [0, 0.1) is 0 Å². The number of ether oxygens (including phenoxy) is 2. The third-order valence-corrected chi connectivity index (χ3v) is 3.24. The number of carbonyl (C=O) groups is 1. The fourth-order valence-electron chi connectivity index (χ4n) is 2.30. The molecule has 1 spiro atoms. The second kappa shape index (κ2) is 3.37. The first-order valence-corrected chi connectivity index (χ1v) is 5.52. The van der Waals surface area contributed by atoms with Crippen molar-refractivity contribution in [3.63, 3.8) is 0 Å². The summed E-state index contributed by atoms with van der Waals surface area (Å²) in [5, 5.41) is 0. The van der Waals surface area contributed by atoms with Gasteiger partial charge in [-0.05, 0) is 40.2 Å². The molecule has 2 aliphatic heterocycles. The summed E-state index contributed by atoms with van der Waals surface area (Å²) in [4.78, 5) is 13.4. The van der Waals surface area contributed by atoms with Gasteiger partial charge in [0.15, 0.2) is 5.60 Å². The SMILES string of the molecule is CC(C)(C)N1CCC[C@]2(COC(=O)O2)C1. The maximum Gasteiger partial charge on any atom is 0.509 e. The molecule has 2 heterocycles. The maximum atomic E-state index is 11.0. The highest BCUT2D eigenvalue weighted by Gasteiger charge is 2.47. The lowest BCUT2D eigenvalue weighted by Gasteiger charge is -2.44. The van der Waals surface area contributed by atoms with Gasteiger partial charge in [-0.25, -0.2) is 4.79 Å². The second-order valence-corrected chi connectivity index (χ2v) is 5.52. The van der Waals surface area contributed by atoms with E-state index in [-0.39, 0.29) is 11.1 Å². The van der Waals surface area contributed by atoms with Crippen molar-refractivity contribution in [1.29, 1.82) is 0 Å². The van der Waals surface area contributed by atoms with Crippen LogP contribution in [0.5, 0.6) is 0 Å². The molecule has 1 atom stereocenters. The van der Waals surface area contributed by atoms with Gasteiger partial charge in [-0.3, -0.25) is 4.90 Å². The van der Waals surface area contributed by atoms with Crippen LogP contribution in [0.2, 0.25) is 0 Å². The van der Waals surface area contributed by atoms with Gasteiger partial charge in [0.1, 0.15) is 6.61 Å². The van der Waals surface area contributed by atoms with Crippen LogP contribution >= 0.6 is 0 Å². The van der Waals surface area contributed by atoms with Crippen LogP contribution in [-0.2, 0) is 9.47 Å². The van der Waals surface area contributed by atoms with Gasteiger partial charge >= 0.3 is 6.16 Å². The van der Waals surface area contributed by atoms with Crippen molar-refractivity contribution in [2.45, 2.75) is 44.8 Å². The number of rotatable bonds is 0. The normalized spacial score (nSPS) is 32.9. The van der Waals surface area contributed by atoms with E-state index in [2.05, 4.69) is 25.7 Å². The van der Waals surface area contributed by atoms with Gasteiger partial charge < -0.3 is 9.47 Å². The zero-order valence-corrected chi connectivity index (χ0v) is 9.71. The number of piperidine rings is 1. The van der Waals surface area contributed by atoms with Crippen molar-refractivity contribution < 1.29 is 14.3 Å². The first-order chi connectivity index (χ1) is 6.91. The molecule has 0 saturated carbocycles. The summed E-state index contributed by atoms with van der Waals surface area (Å²) in [7, 11) is 0. The van der Waals surface area contributed by atoms with Gasteiger partial charge in [0.05, 0.1) is 0 Å². The molecule has 0 amide bonds. The number of cyclic esters (lactones) is 1. The quantitative estimate of drug-likeness (QED) is 0.575. The zero-order valence-electron chi connectivity index (χ0n) is 9.71. The second-order valence-electron chi connectivity index (χ2n) is 5.52. The average molecular weight is 213 g/mol. The van der Waals surface area contributed by atoms with E-state index >= 15 is 0 Å². The van der Waals surface area contributed by atoms with Crippen molar-refractivity contribution in [2.24, 2.45) is 0 Å². The Morgan fingerprint density at radius 3 is 2.67 bits per heavy atom. The number of hydrogen-bond acceptors (Lipinski definition) is 4. The summed E-state index contributed by atoms with van der Waals surface area (Å²) in [5.41, 5.74) is -0.245. The van der Waals surface area contributed by atoms with Gasteiger partial charge in [0.25, 0.3) is 0 Å². The Labute approximate surface area is 90.5 Å². The van der Waals surface area contributed by atoms with E-state index in [9.17, 15) is 4.79 Å². The third-order valence-electron chi connectivity index (χ3n) is 3.24. The van der Waals surface area contributed by atoms with Crippen molar-refractivity contribution >= 4 is 6.16 Å². The van der Waals surface area contributed by atoms with Crippen LogP contribution in [0.15, 0.2) is 0 Å². The van der Waals surface area contributed by atoms with Crippen molar-refractivity contribution in [1.82, 2.24) is 4.90 Å². The summed E-state index contributed by atoms with van der Waals surface area (Å²) >= 11 is 0. The van der Waals surface area contributed by atoms with Crippen LogP contribution < -0.4 is 0 Å². The molecule has 0 aromatic rings. The lowest BCUT2D eigenvalue weighted by Crippen LogP contribution is -2.55. The van der Waals surface area contributed by atoms with E-state index in [4.69, 9.17) is 9.47 Å². The van der Waals surface area contributed by atoms with Gasteiger partial charge in [0, 0.05) is 12.1 Å². The maximum absolute atomic E-state index is 11.0. The summed E-state index contributed by atoms with van der Waals surface area (Å²) in [6, 6.07) is 0. The first-order valence-electron chi connectivity index (χ1n) is 5.52. The van der Waals surface area contributed by atoms with Gasteiger partial charge in [-0.2, -0.15) is 0 Å². The van der Waals surface area contributed by atoms with E-state index in [0.717, 1.165) is 25.9 Å². The van der Waals surface area contributed by atoms with Crippen molar-refractivity contribution in [3.8, 4) is 0 Å². The Bertz CT molecular complexity index is 271. The fraction of sp³-hybridized carbons (Fsp3) is 0.909. The van der Waals surface area contributed by atoms with Crippen LogP contribution in [0.1, 0.15) is 33.6 Å². The van der Waals surface area contributed by atoms with Crippen LogP contribution in [-0.4, -0.2) is 41.9 Å². The van der Waals surface area contributed by atoms with E-state index in [1.54, 1.807) is 0 Å². The molecule has 0 bridgehead atoms. The van der Waals surface area contributed by atoms with E-state index in [1.807, 2.05) is 0 Å². The third kappa shape index (κ3) is 2.09. The van der Waals surface area contributed by atoms with Crippen molar-refractivity contribution in [2.75, 3.05) is 19.7 Å².